The van der Waals surface area contributed by atoms with Crippen molar-refractivity contribution in [1.82, 2.24) is 9.80 Å². The maximum absolute atomic E-state index is 13.7. The van der Waals surface area contributed by atoms with E-state index in [1.54, 1.807) is 17.8 Å². The summed E-state index contributed by atoms with van der Waals surface area (Å²) in [6.07, 6.45) is 1.96. The van der Waals surface area contributed by atoms with Crippen LogP contribution in [0.15, 0.2) is 18.2 Å². The molecule has 1 unspecified atom stereocenters. The molecule has 1 aliphatic rings. The van der Waals surface area contributed by atoms with Crippen molar-refractivity contribution in [3.63, 3.8) is 0 Å². The number of methoxy groups -OCH3 is 1. The summed E-state index contributed by atoms with van der Waals surface area (Å²) in [6.45, 7) is 5.76. The van der Waals surface area contributed by atoms with E-state index in [1.807, 2.05) is 24.1 Å². The van der Waals surface area contributed by atoms with Gasteiger partial charge in [-0.1, -0.05) is 6.07 Å². The second-order valence-corrected chi connectivity index (χ2v) is 6.63. The third-order valence-electron chi connectivity index (χ3n) is 4.01. The van der Waals surface area contributed by atoms with E-state index >= 15 is 0 Å². The average molecular weight is 326 g/mol. The van der Waals surface area contributed by atoms with Gasteiger partial charge in [0, 0.05) is 32.7 Å². The van der Waals surface area contributed by atoms with E-state index in [9.17, 15) is 9.18 Å². The summed E-state index contributed by atoms with van der Waals surface area (Å²) in [5, 5.41) is 0.0160. The Balaban J connectivity index is 1.87. The number of ether oxygens (including phenoxy) is 1. The van der Waals surface area contributed by atoms with Crippen molar-refractivity contribution in [1.29, 1.82) is 0 Å². The predicted octanol–water partition coefficient (Wildman–Crippen LogP) is 2.23. The molecule has 22 heavy (non-hydrogen) atoms. The summed E-state index contributed by atoms with van der Waals surface area (Å²) in [5.41, 5.74) is 0.926. The van der Waals surface area contributed by atoms with Crippen LogP contribution in [0, 0.1) is 5.82 Å². The number of carbonyl (C=O) groups is 1. The number of rotatable bonds is 5. The zero-order chi connectivity index (χ0) is 16.1. The van der Waals surface area contributed by atoms with E-state index in [2.05, 4.69) is 4.90 Å². The highest BCUT2D eigenvalue weighted by Crippen LogP contribution is 2.19. The van der Waals surface area contributed by atoms with Crippen LogP contribution >= 0.6 is 11.8 Å². The second-order valence-electron chi connectivity index (χ2n) is 5.45. The van der Waals surface area contributed by atoms with Gasteiger partial charge in [0.1, 0.15) is 0 Å². The van der Waals surface area contributed by atoms with E-state index < -0.39 is 0 Å². The lowest BCUT2D eigenvalue weighted by Gasteiger charge is -2.35. The van der Waals surface area contributed by atoms with Gasteiger partial charge in [-0.15, -0.1) is 0 Å². The van der Waals surface area contributed by atoms with Gasteiger partial charge in [0.15, 0.2) is 11.6 Å². The Bertz CT molecular complexity index is 519. The summed E-state index contributed by atoms with van der Waals surface area (Å²) < 4.78 is 18.6. The number of hydrogen-bond acceptors (Lipinski definition) is 4. The number of halogens is 1. The van der Waals surface area contributed by atoms with Gasteiger partial charge in [0.05, 0.1) is 12.4 Å². The Kier molecular flexibility index (Phi) is 6.08. The van der Waals surface area contributed by atoms with Gasteiger partial charge >= 0.3 is 0 Å². The predicted molar refractivity (Wildman–Crippen MR) is 87.8 cm³/mol. The normalized spacial score (nSPS) is 17.4. The van der Waals surface area contributed by atoms with Crippen molar-refractivity contribution in [2.24, 2.45) is 0 Å². The first-order chi connectivity index (χ1) is 10.5. The molecule has 1 aliphatic heterocycles. The quantitative estimate of drug-likeness (QED) is 0.831. The Labute approximate surface area is 135 Å². The first-order valence-corrected chi connectivity index (χ1v) is 8.70. The number of thioether (sulfide) groups is 1. The first-order valence-electron chi connectivity index (χ1n) is 7.41. The third kappa shape index (κ3) is 4.14. The van der Waals surface area contributed by atoms with Gasteiger partial charge in [0.2, 0.25) is 5.91 Å². The molecule has 0 spiro atoms. The van der Waals surface area contributed by atoms with Crippen LogP contribution in [0.25, 0.3) is 0 Å². The molecule has 0 bridgehead atoms. The molecule has 0 aromatic heterocycles. The van der Waals surface area contributed by atoms with Crippen molar-refractivity contribution in [3.05, 3.63) is 29.6 Å². The number of hydrogen-bond donors (Lipinski definition) is 0. The summed E-state index contributed by atoms with van der Waals surface area (Å²) >= 11 is 1.58. The van der Waals surface area contributed by atoms with Crippen LogP contribution in [0.5, 0.6) is 5.75 Å². The maximum Gasteiger partial charge on any atom is 0.235 e. The van der Waals surface area contributed by atoms with Gasteiger partial charge in [-0.25, -0.2) is 4.39 Å². The average Bonchev–Trinajstić information content (AvgIpc) is 2.54. The van der Waals surface area contributed by atoms with Crippen molar-refractivity contribution in [3.8, 4) is 5.75 Å². The molecule has 1 aromatic carbocycles. The molecule has 1 heterocycles. The van der Waals surface area contributed by atoms with E-state index in [0.29, 0.717) is 6.54 Å². The molecule has 6 heteroatoms. The molecule has 0 aliphatic carbocycles. The Morgan fingerprint density at radius 1 is 1.36 bits per heavy atom. The lowest BCUT2D eigenvalue weighted by molar-refractivity contribution is -0.132. The van der Waals surface area contributed by atoms with Crippen LogP contribution < -0.4 is 4.74 Å². The standard InChI is InChI=1S/C16H23FN2O2S/c1-12(22-3)16(20)19-8-6-18(7-9-19)11-13-4-5-15(21-2)14(17)10-13/h4-5,10,12H,6-9,11H2,1-3H3. The van der Waals surface area contributed by atoms with Gasteiger partial charge in [-0.2, -0.15) is 11.8 Å². The van der Waals surface area contributed by atoms with Crippen molar-refractivity contribution in [2.45, 2.75) is 18.7 Å². The number of nitrogens with zero attached hydrogens (tertiary/aromatic N) is 2. The summed E-state index contributed by atoms with van der Waals surface area (Å²) in [7, 11) is 1.46. The highest BCUT2D eigenvalue weighted by atomic mass is 32.2. The monoisotopic (exact) mass is 326 g/mol. The molecule has 0 N–H and O–H groups in total. The van der Waals surface area contributed by atoms with E-state index in [-0.39, 0.29) is 22.7 Å². The molecule has 0 saturated carbocycles. The van der Waals surface area contributed by atoms with Crippen LogP contribution in [0.1, 0.15) is 12.5 Å². The van der Waals surface area contributed by atoms with Crippen LogP contribution in [-0.4, -0.2) is 60.5 Å². The maximum atomic E-state index is 13.7. The van der Waals surface area contributed by atoms with E-state index in [0.717, 1.165) is 31.7 Å². The molecule has 4 nitrogen and oxygen atoms in total. The van der Waals surface area contributed by atoms with Gasteiger partial charge in [0.25, 0.3) is 0 Å². The minimum absolute atomic E-state index is 0.0160. The summed E-state index contributed by atoms with van der Waals surface area (Å²) in [6, 6.07) is 5.06. The molecule has 1 fully saturated rings. The lowest BCUT2D eigenvalue weighted by Crippen LogP contribution is -2.50. The first kappa shape index (κ1) is 17.1. The van der Waals surface area contributed by atoms with Crippen molar-refractivity contribution in [2.75, 3.05) is 39.5 Å². The topological polar surface area (TPSA) is 32.8 Å². The Hall–Kier alpha value is -1.27. The Morgan fingerprint density at radius 3 is 2.59 bits per heavy atom. The number of amides is 1. The highest BCUT2D eigenvalue weighted by Gasteiger charge is 2.24. The van der Waals surface area contributed by atoms with Crippen LogP contribution in [0.2, 0.25) is 0 Å². The fraction of sp³-hybridized carbons (Fsp3) is 0.562. The van der Waals surface area contributed by atoms with Crippen LogP contribution in [0.3, 0.4) is 0 Å². The van der Waals surface area contributed by atoms with Gasteiger partial charge in [-0.05, 0) is 30.9 Å². The molecule has 122 valence electrons. The zero-order valence-electron chi connectivity index (χ0n) is 13.3. The minimum atomic E-state index is -0.331. The SMILES string of the molecule is COc1ccc(CN2CCN(C(=O)C(C)SC)CC2)cc1F. The Morgan fingerprint density at radius 2 is 2.05 bits per heavy atom. The van der Waals surface area contributed by atoms with Crippen LogP contribution in [-0.2, 0) is 11.3 Å². The fourth-order valence-corrected chi connectivity index (χ4v) is 2.90. The highest BCUT2D eigenvalue weighted by molar-refractivity contribution is 7.99. The van der Waals surface area contributed by atoms with E-state index in [1.165, 1.54) is 13.2 Å². The summed E-state index contributed by atoms with van der Waals surface area (Å²) in [4.78, 5) is 16.3. The summed E-state index contributed by atoms with van der Waals surface area (Å²) in [5.74, 6) is 0.149. The second kappa shape index (κ2) is 7.83. The number of carbonyl (C=O) groups excluding carboxylic acids is 1. The zero-order valence-corrected chi connectivity index (χ0v) is 14.2. The molecular formula is C16H23FN2O2S. The van der Waals surface area contributed by atoms with Crippen molar-refractivity contribution < 1.29 is 13.9 Å². The molecule has 2 rings (SSSR count). The number of piperazine rings is 1. The number of benzene rings is 1. The van der Waals surface area contributed by atoms with Crippen LogP contribution in [0.4, 0.5) is 4.39 Å². The van der Waals surface area contributed by atoms with Gasteiger partial charge < -0.3 is 9.64 Å². The van der Waals surface area contributed by atoms with Crippen molar-refractivity contribution >= 4 is 17.7 Å². The lowest BCUT2D eigenvalue weighted by atomic mass is 10.1. The molecule has 1 atom stereocenters. The molecular weight excluding hydrogens is 303 g/mol. The molecule has 1 saturated heterocycles. The largest absolute Gasteiger partial charge is 0.494 e. The molecule has 1 amide bonds. The van der Waals surface area contributed by atoms with E-state index in [4.69, 9.17) is 4.74 Å². The minimum Gasteiger partial charge on any atom is -0.494 e. The van der Waals surface area contributed by atoms with Gasteiger partial charge in [-0.3, -0.25) is 9.69 Å². The third-order valence-corrected chi connectivity index (χ3v) is 4.92. The fourth-order valence-electron chi connectivity index (χ4n) is 2.55. The molecule has 1 aromatic rings. The molecule has 0 radical (unpaired) electrons. The smallest absolute Gasteiger partial charge is 0.235 e.